The Balaban J connectivity index is 1.88. The Kier molecular flexibility index (Phi) is 4.24. The quantitative estimate of drug-likeness (QED) is 0.398. The molecule has 27 heavy (non-hydrogen) atoms. The van der Waals surface area contributed by atoms with Gasteiger partial charge in [0.2, 0.25) is 17.3 Å². The molecule has 136 valence electrons. The van der Waals surface area contributed by atoms with E-state index in [1.54, 1.807) is 0 Å². The molecule has 2 N–H and O–H groups in total. The van der Waals surface area contributed by atoms with Crippen LogP contribution in [0.4, 0.5) is 11.4 Å². The third-order valence-electron chi connectivity index (χ3n) is 4.02. The lowest BCUT2D eigenvalue weighted by molar-refractivity contribution is -0.385. The summed E-state index contributed by atoms with van der Waals surface area (Å²) in [6, 6.07) is 11.1. The highest BCUT2D eigenvalue weighted by Crippen LogP contribution is 2.41. The fourth-order valence-electron chi connectivity index (χ4n) is 2.74. The van der Waals surface area contributed by atoms with Crippen molar-refractivity contribution in [3.05, 3.63) is 58.1 Å². The second-order valence-corrected chi connectivity index (χ2v) is 6.41. The predicted molar refractivity (Wildman–Crippen MR) is 98.8 cm³/mol. The molecule has 1 aliphatic rings. The predicted octanol–water partition coefficient (Wildman–Crippen LogP) is 3.38. The smallest absolute Gasteiger partial charge is 0.270 e. The molecule has 0 radical (unpaired) electrons. The number of anilines is 1. The van der Waals surface area contributed by atoms with Crippen molar-refractivity contribution in [1.82, 2.24) is 15.2 Å². The highest BCUT2D eigenvalue weighted by atomic mass is 32.2. The Morgan fingerprint density at radius 1 is 1.26 bits per heavy atom. The van der Waals surface area contributed by atoms with Gasteiger partial charge in [-0.2, -0.15) is 4.98 Å². The highest BCUT2D eigenvalue weighted by Gasteiger charge is 2.28. The minimum atomic E-state index is -0.904. The number of thioether (sulfide) groups is 1. The van der Waals surface area contributed by atoms with Gasteiger partial charge in [-0.1, -0.05) is 30.0 Å². The largest absolute Gasteiger partial charge is 0.507 e. The van der Waals surface area contributed by atoms with E-state index >= 15 is 0 Å². The summed E-state index contributed by atoms with van der Waals surface area (Å²) in [5.74, 6) is 0.0915. The van der Waals surface area contributed by atoms with Crippen molar-refractivity contribution in [3.63, 3.8) is 0 Å². The van der Waals surface area contributed by atoms with Gasteiger partial charge in [0.15, 0.2) is 5.69 Å². The number of nitrogens with zero attached hydrogens (tertiary/aromatic N) is 4. The number of hydrogen-bond acceptors (Lipinski definition) is 9. The van der Waals surface area contributed by atoms with Gasteiger partial charge in [0.25, 0.3) is 5.69 Å². The van der Waals surface area contributed by atoms with E-state index < -0.39 is 11.2 Å². The van der Waals surface area contributed by atoms with Crippen LogP contribution < -0.4 is 10.1 Å². The Morgan fingerprint density at radius 3 is 2.85 bits per heavy atom. The van der Waals surface area contributed by atoms with Gasteiger partial charge in [0.05, 0.1) is 10.5 Å². The molecular weight excluding hydrogens is 370 g/mol. The molecule has 0 bridgehead atoms. The summed E-state index contributed by atoms with van der Waals surface area (Å²) < 4.78 is 5.96. The van der Waals surface area contributed by atoms with Crippen LogP contribution in [0.15, 0.2) is 47.6 Å². The maximum atomic E-state index is 11.1. The fourth-order valence-corrected chi connectivity index (χ4v) is 3.04. The van der Waals surface area contributed by atoms with Crippen LogP contribution in [0.3, 0.4) is 0 Å². The molecule has 0 aliphatic carbocycles. The van der Waals surface area contributed by atoms with E-state index in [4.69, 9.17) is 4.74 Å². The first-order valence-corrected chi connectivity index (χ1v) is 9.08. The summed E-state index contributed by atoms with van der Waals surface area (Å²) in [5.41, 5.74) is 1.92. The van der Waals surface area contributed by atoms with Gasteiger partial charge in [-0.15, -0.1) is 10.2 Å². The molecule has 3 aromatic rings. The van der Waals surface area contributed by atoms with Gasteiger partial charge in [-0.25, -0.2) is 0 Å². The molecule has 9 nitrogen and oxygen atoms in total. The molecule has 1 aliphatic heterocycles. The lowest BCUT2D eigenvalue weighted by Crippen LogP contribution is -2.17. The lowest BCUT2D eigenvalue weighted by atomic mass is 10.1. The lowest BCUT2D eigenvalue weighted by Gasteiger charge is -2.20. The normalized spacial score (nSPS) is 14.9. The average Bonchev–Trinajstić information content (AvgIpc) is 2.84. The highest BCUT2D eigenvalue weighted by molar-refractivity contribution is 7.98. The molecule has 1 atom stereocenters. The van der Waals surface area contributed by atoms with Crippen LogP contribution in [0.1, 0.15) is 11.8 Å². The van der Waals surface area contributed by atoms with Gasteiger partial charge >= 0.3 is 0 Å². The number of non-ortho nitro benzene ring substituents is 1. The third-order valence-corrected chi connectivity index (χ3v) is 4.56. The van der Waals surface area contributed by atoms with Crippen molar-refractivity contribution < 1.29 is 14.8 Å². The summed E-state index contributed by atoms with van der Waals surface area (Å²) in [5, 5.41) is 33.2. The Morgan fingerprint density at radius 2 is 2.07 bits per heavy atom. The van der Waals surface area contributed by atoms with Gasteiger partial charge < -0.3 is 15.2 Å². The Bertz CT molecular complexity index is 1050. The minimum absolute atomic E-state index is 0.133. The molecule has 2 heterocycles. The maximum absolute atomic E-state index is 11.1. The van der Waals surface area contributed by atoms with Crippen molar-refractivity contribution in [1.29, 1.82) is 0 Å². The zero-order valence-corrected chi connectivity index (χ0v) is 14.8. The van der Waals surface area contributed by atoms with Gasteiger partial charge in [0.1, 0.15) is 5.75 Å². The van der Waals surface area contributed by atoms with E-state index in [1.807, 2.05) is 30.5 Å². The first kappa shape index (κ1) is 17.0. The molecule has 4 rings (SSSR count). The second kappa shape index (κ2) is 6.72. The number of benzene rings is 2. The number of rotatable bonds is 3. The second-order valence-electron chi connectivity index (χ2n) is 5.64. The van der Waals surface area contributed by atoms with E-state index in [9.17, 15) is 15.2 Å². The molecule has 0 saturated carbocycles. The molecule has 1 aromatic heterocycles. The number of ether oxygens (including phenoxy) is 1. The van der Waals surface area contributed by atoms with Crippen molar-refractivity contribution in [2.24, 2.45) is 0 Å². The van der Waals surface area contributed by atoms with Crippen LogP contribution in [-0.2, 0) is 0 Å². The van der Waals surface area contributed by atoms with E-state index in [0.717, 1.165) is 5.56 Å². The number of para-hydroxylation sites is 1. The standard InChI is InChI=1S/C17H13N5O4S/c1-27-17-19-16-14(20-21-17)10-4-2-3-5-12(10)18-15(26-16)11-8-9(22(24)25)6-7-13(11)23/h2-8,15,18,23H,1H3/t15-/m1/s1. The molecule has 2 aromatic carbocycles. The SMILES string of the molecule is CSc1nnc2c(n1)O[C@H](c1cc([N+](=O)[O-])ccc1O)Nc1ccccc1-2. The first-order valence-electron chi connectivity index (χ1n) is 7.85. The topological polar surface area (TPSA) is 123 Å². The molecule has 0 unspecified atom stereocenters. The summed E-state index contributed by atoms with van der Waals surface area (Å²) in [6.45, 7) is 0. The number of phenolic OH excluding ortho intramolecular Hbond substituents is 1. The zero-order chi connectivity index (χ0) is 19.0. The number of nitro benzene ring substituents is 1. The molecule has 10 heteroatoms. The zero-order valence-electron chi connectivity index (χ0n) is 14.0. The third kappa shape index (κ3) is 3.10. The molecular formula is C17H13N5O4S. The molecule has 0 amide bonds. The Hall–Kier alpha value is -3.40. The Labute approximate surface area is 157 Å². The van der Waals surface area contributed by atoms with Crippen LogP contribution in [0.5, 0.6) is 11.6 Å². The minimum Gasteiger partial charge on any atom is -0.507 e. The van der Waals surface area contributed by atoms with Gasteiger partial charge in [-0.05, 0) is 18.4 Å². The van der Waals surface area contributed by atoms with Crippen molar-refractivity contribution in [2.45, 2.75) is 11.4 Å². The monoisotopic (exact) mass is 383 g/mol. The number of aromatic nitrogens is 3. The van der Waals surface area contributed by atoms with Crippen LogP contribution in [-0.4, -0.2) is 31.5 Å². The number of nitrogens with one attached hydrogen (secondary N) is 1. The number of fused-ring (bicyclic) bond motifs is 3. The number of aromatic hydroxyl groups is 1. The van der Waals surface area contributed by atoms with Crippen molar-refractivity contribution >= 4 is 23.1 Å². The summed E-state index contributed by atoms with van der Waals surface area (Å²) >= 11 is 1.31. The van der Waals surface area contributed by atoms with Crippen LogP contribution >= 0.6 is 11.8 Å². The summed E-state index contributed by atoms with van der Waals surface area (Å²) in [6.07, 6.45) is 0.912. The van der Waals surface area contributed by atoms with E-state index in [1.165, 1.54) is 30.0 Å². The van der Waals surface area contributed by atoms with Crippen LogP contribution in [0.2, 0.25) is 0 Å². The average molecular weight is 383 g/mol. The van der Waals surface area contributed by atoms with Crippen molar-refractivity contribution in [2.75, 3.05) is 11.6 Å². The molecule has 0 fully saturated rings. The van der Waals surface area contributed by atoms with Crippen molar-refractivity contribution in [3.8, 4) is 22.9 Å². The maximum Gasteiger partial charge on any atom is 0.270 e. The fraction of sp³-hybridized carbons (Fsp3) is 0.118. The van der Waals surface area contributed by atoms with Gasteiger partial charge in [0, 0.05) is 23.4 Å². The molecule has 0 saturated heterocycles. The number of hydrogen-bond donors (Lipinski definition) is 2. The summed E-state index contributed by atoms with van der Waals surface area (Å²) in [4.78, 5) is 15.0. The van der Waals surface area contributed by atoms with E-state index in [2.05, 4.69) is 20.5 Å². The van der Waals surface area contributed by atoms with Gasteiger partial charge in [-0.3, -0.25) is 10.1 Å². The molecule has 0 spiro atoms. The number of phenols is 1. The summed E-state index contributed by atoms with van der Waals surface area (Å²) in [7, 11) is 0. The van der Waals surface area contributed by atoms with Crippen LogP contribution in [0, 0.1) is 10.1 Å². The van der Waals surface area contributed by atoms with Crippen LogP contribution in [0.25, 0.3) is 11.3 Å². The number of nitro groups is 1. The first-order chi connectivity index (χ1) is 13.1. The van der Waals surface area contributed by atoms with E-state index in [0.29, 0.717) is 16.5 Å². The van der Waals surface area contributed by atoms with E-state index in [-0.39, 0.29) is 22.9 Å².